The molecule has 2 aliphatic heterocycles. The molecule has 4 heterocycles. The third-order valence-corrected chi connectivity index (χ3v) is 6.78. The predicted molar refractivity (Wildman–Crippen MR) is 124 cm³/mol. The van der Waals surface area contributed by atoms with Crippen molar-refractivity contribution in [2.24, 2.45) is 0 Å². The van der Waals surface area contributed by atoms with Crippen LogP contribution in [-0.4, -0.2) is 33.2 Å². The first-order chi connectivity index (χ1) is 16.4. The number of carbonyl (C=O) groups is 2. The van der Waals surface area contributed by atoms with Crippen LogP contribution in [0.4, 0.5) is 0 Å². The van der Waals surface area contributed by atoms with Crippen molar-refractivity contribution < 1.29 is 24.2 Å². The second kappa shape index (κ2) is 8.36. The molecular formula is C26H26N2O6. The Kier molecular flexibility index (Phi) is 5.48. The molecule has 3 aromatic rings. The lowest BCUT2D eigenvalue weighted by atomic mass is 9.86. The number of rotatable bonds is 6. The van der Waals surface area contributed by atoms with Gasteiger partial charge >= 0.3 is 11.9 Å². The van der Waals surface area contributed by atoms with Crippen LogP contribution in [-0.2, 0) is 44.2 Å². The molecule has 1 atom stereocenters. The van der Waals surface area contributed by atoms with Crippen molar-refractivity contribution in [2.75, 3.05) is 6.61 Å². The van der Waals surface area contributed by atoms with Crippen LogP contribution in [0.1, 0.15) is 55.4 Å². The number of esters is 2. The van der Waals surface area contributed by atoms with Crippen molar-refractivity contribution in [1.82, 2.24) is 9.55 Å². The van der Waals surface area contributed by atoms with Gasteiger partial charge in [0.15, 0.2) is 5.60 Å². The van der Waals surface area contributed by atoms with E-state index in [-0.39, 0.29) is 31.2 Å². The highest BCUT2D eigenvalue weighted by atomic mass is 16.6. The Morgan fingerprint density at radius 1 is 1.24 bits per heavy atom. The van der Waals surface area contributed by atoms with Gasteiger partial charge in [-0.05, 0) is 30.5 Å². The topological polar surface area (TPSA) is 108 Å². The summed E-state index contributed by atoms with van der Waals surface area (Å²) in [6.45, 7) is 3.99. The summed E-state index contributed by atoms with van der Waals surface area (Å²) in [4.78, 5) is 42.5. The third-order valence-electron chi connectivity index (χ3n) is 6.78. The number of fused-ring (bicyclic) bond motifs is 5. The van der Waals surface area contributed by atoms with E-state index in [1.54, 1.807) is 17.6 Å². The molecule has 176 valence electrons. The number of carbonyl (C=O) groups excluding carboxylic acids is 2. The predicted octanol–water partition coefficient (Wildman–Crippen LogP) is 2.97. The van der Waals surface area contributed by atoms with Crippen molar-refractivity contribution in [3.8, 4) is 11.4 Å². The molecule has 0 bridgehead atoms. The van der Waals surface area contributed by atoms with Crippen LogP contribution in [0, 0.1) is 0 Å². The van der Waals surface area contributed by atoms with Gasteiger partial charge in [-0.1, -0.05) is 32.0 Å². The minimum atomic E-state index is -1.86. The summed E-state index contributed by atoms with van der Waals surface area (Å²) in [5.41, 5.74) is 2.26. The molecule has 34 heavy (non-hydrogen) atoms. The van der Waals surface area contributed by atoms with E-state index >= 15 is 0 Å². The number of hydrogen-bond donors (Lipinski definition) is 1. The summed E-state index contributed by atoms with van der Waals surface area (Å²) in [5, 5.41) is 12.0. The fourth-order valence-electron chi connectivity index (χ4n) is 4.94. The molecule has 0 aliphatic carbocycles. The Hall–Kier alpha value is -3.52. The van der Waals surface area contributed by atoms with Crippen LogP contribution in [0.25, 0.3) is 22.3 Å². The smallest absolute Gasteiger partial charge is 0.343 e. The Morgan fingerprint density at radius 3 is 2.79 bits per heavy atom. The Balaban J connectivity index is 1.65. The van der Waals surface area contributed by atoms with Gasteiger partial charge in [-0.15, -0.1) is 0 Å². The van der Waals surface area contributed by atoms with Crippen LogP contribution in [0.5, 0.6) is 0 Å². The summed E-state index contributed by atoms with van der Waals surface area (Å²) in [7, 11) is 0. The molecule has 1 N–H and O–H groups in total. The molecule has 2 aromatic heterocycles. The fourth-order valence-corrected chi connectivity index (χ4v) is 4.94. The van der Waals surface area contributed by atoms with Crippen LogP contribution in [0.2, 0.25) is 0 Å². The summed E-state index contributed by atoms with van der Waals surface area (Å²) in [5.74, 6) is -0.973. The monoisotopic (exact) mass is 462 g/mol. The first-order valence-electron chi connectivity index (χ1n) is 11.6. The van der Waals surface area contributed by atoms with Crippen LogP contribution >= 0.6 is 0 Å². The van der Waals surface area contributed by atoms with E-state index in [4.69, 9.17) is 14.5 Å². The molecule has 2 aliphatic rings. The number of aliphatic hydroxyl groups is 1. The van der Waals surface area contributed by atoms with Crippen molar-refractivity contribution in [3.05, 3.63) is 62.9 Å². The second-order valence-electron chi connectivity index (χ2n) is 8.76. The highest BCUT2D eigenvalue weighted by Crippen LogP contribution is 2.40. The fraction of sp³-hybridized carbons (Fsp3) is 0.385. The number of cyclic esters (lactones) is 1. The van der Waals surface area contributed by atoms with Gasteiger partial charge in [0.25, 0.3) is 5.56 Å². The standard InChI is InChI=1S/C26H26N2O6/c1-3-7-22(29)33-11-10-15-16-8-5-6-9-20(16)27-23-17(15)13-28-21(23)12-19-18(24(28)30)14-34-25(31)26(19,32)4-2/h5-6,8-9,12,32H,3-4,7,10-11,13-14H2,1-2H3/t26-/m0/s1. The van der Waals surface area contributed by atoms with Crippen molar-refractivity contribution in [2.45, 2.75) is 58.3 Å². The van der Waals surface area contributed by atoms with Crippen LogP contribution in [0.15, 0.2) is 35.1 Å². The first kappa shape index (κ1) is 22.3. The molecule has 0 fully saturated rings. The normalized spacial score (nSPS) is 18.3. The van der Waals surface area contributed by atoms with Crippen LogP contribution in [0.3, 0.4) is 0 Å². The molecule has 5 rings (SSSR count). The second-order valence-corrected chi connectivity index (χ2v) is 8.76. The van der Waals surface area contributed by atoms with Gasteiger partial charge in [0.2, 0.25) is 0 Å². The summed E-state index contributed by atoms with van der Waals surface area (Å²) in [6.07, 6.45) is 1.69. The Bertz CT molecular complexity index is 1390. The van der Waals surface area contributed by atoms with E-state index in [0.29, 0.717) is 41.9 Å². The quantitative estimate of drug-likeness (QED) is 0.439. The summed E-state index contributed by atoms with van der Waals surface area (Å²) < 4.78 is 12.2. The maximum atomic E-state index is 13.4. The number of pyridine rings is 2. The highest BCUT2D eigenvalue weighted by molar-refractivity contribution is 5.89. The molecule has 0 radical (unpaired) electrons. The molecule has 8 heteroatoms. The number of nitrogens with zero attached hydrogens (tertiary/aromatic N) is 2. The number of benzene rings is 1. The molecule has 0 spiro atoms. The average molecular weight is 463 g/mol. The zero-order valence-electron chi connectivity index (χ0n) is 19.2. The average Bonchev–Trinajstić information content (AvgIpc) is 3.20. The van der Waals surface area contributed by atoms with Gasteiger partial charge in [-0.25, -0.2) is 9.78 Å². The van der Waals surface area contributed by atoms with E-state index in [1.807, 2.05) is 31.2 Å². The third kappa shape index (κ3) is 3.32. The van der Waals surface area contributed by atoms with Gasteiger partial charge in [-0.3, -0.25) is 9.59 Å². The number of ether oxygens (including phenoxy) is 2. The Morgan fingerprint density at radius 2 is 2.03 bits per heavy atom. The number of aromatic nitrogens is 2. The number of hydrogen-bond acceptors (Lipinski definition) is 7. The highest BCUT2D eigenvalue weighted by Gasteiger charge is 2.45. The van der Waals surface area contributed by atoms with E-state index < -0.39 is 11.6 Å². The van der Waals surface area contributed by atoms with Gasteiger partial charge in [0.1, 0.15) is 6.61 Å². The zero-order chi connectivity index (χ0) is 24.0. The molecule has 0 saturated heterocycles. The van der Waals surface area contributed by atoms with Crippen LogP contribution < -0.4 is 5.56 Å². The van der Waals surface area contributed by atoms with Gasteiger partial charge in [-0.2, -0.15) is 0 Å². The lowest BCUT2D eigenvalue weighted by Gasteiger charge is -2.31. The lowest BCUT2D eigenvalue weighted by Crippen LogP contribution is -2.44. The summed E-state index contributed by atoms with van der Waals surface area (Å²) in [6, 6.07) is 9.42. The molecule has 8 nitrogen and oxygen atoms in total. The maximum absolute atomic E-state index is 13.4. The van der Waals surface area contributed by atoms with E-state index in [2.05, 4.69) is 0 Å². The molecule has 0 amide bonds. The van der Waals surface area contributed by atoms with Crippen molar-refractivity contribution in [3.63, 3.8) is 0 Å². The van der Waals surface area contributed by atoms with E-state index in [9.17, 15) is 19.5 Å². The van der Waals surface area contributed by atoms with Gasteiger partial charge < -0.3 is 19.1 Å². The largest absolute Gasteiger partial charge is 0.465 e. The lowest BCUT2D eigenvalue weighted by molar-refractivity contribution is -0.172. The van der Waals surface area contributed by atoms with Gasteiger partial charge in [0.05, 0.1) is 35.6 Å². The minimum absolute atomic E-state index is 0.0914. The van der Waals surface area contributed by atoms with E-state index in [0.717, 1.165) is 28.5 Å². The van der Waals surface area contributed by atoms with Crippen molar-refractivity contribution in [1.29, 1.82) is 0 Å². The van der Waals surface area contributed by atoms with Gasteiger partial charge in [0, 0.05) is 29.4 Å². The minimum Gasteiger partial charge on any atom is -0.465 e. The zero-order valence-corrected chi connectivity index (χ0v) is 19.2. The molecule has 0 saturated carbocycles. The number of para-hydroxylation sites is 1. The first-order valence-corrected chi connectivity index (χ1v) is 11.6. The SMILES string of the molecule is CCCC(=O)OCCc1c2c(nc3ccccc13)-c1cc3c(c(=O)n1C2)COC(=O)[C@]3(O)CC. The maximum Gasteiger partial charge on any atom is 0.343 e. The summed E-state index contributed by atoms with van der Waals surface area (Å²) >= 11 is 0. The molecule has 1 aromatic carbocycles. The Labute approximate surface area is 196 Å². The van der Waals surface area contributed by atoms with Crippen molar-refractivity contribution >= 4 is 22.8 Å². The molecular weight excluding hydrogens is 436 g/mol. The van der Waals surface area contributed by atoms with E-state index in [1.165, 1.54) is 0 Å². The molecule has 0 unspecified atom stereocenters.